The van der Waals surface area contributed by atoms with E-state index in [0.29, 0.717) is 28.2 Å². The Labute approximate surface area is 226 Å². The van der Waals surface area contributed by atoms with Gasteiger partial charge in [-0.1, -0.05) is 61.3 Å². The van der Waals surface area contributed by atoms with Gasteiger partial charge in [-0.2, -0.15) is 0 Å². The summed E-state index contributed by atoms with van der Waals surface area (Å²) in [6.45, 7) is 10.2. The highest BCUT2D eigenvalue weighted by Crippen LogP contribution is 2.30. The molecular formula is C29H39Cl2N3O2. The molecule has 2 aromatic rings. The Hall–Kier alpha value is -2.08. The van der Waals surface area contributed by atoms with E-state index in [4.69, 9.17) is 23.2 Å². The highest BCUT2D eigenvalue weighted by Gasteiger charge is 2.28. The van der Waals surface area contributed by atoms with Gasteiger partial charge in [-0.05, 0) is 62.6 Å². The van der Waals surface area contributed by atoms with Crippen LogP contribution in [0.3, 0.4) is 0 Å². The highest BCUT2D eigenvalue weighted by molar-refractivity contribution is 6.42. The predicted octanol–water partition coefficient (Wildman–Crippen LogP) is 6.21. The molecule has 2 aromatic carbocycles. The lowest BCUT2D eigenvalue weighted by Crippen LogP contribution is -2.48. The topological polar surface area (TPSA) is 43.9 Å². The molecule has 1 aliphatic heterocycles. The molecule has 36 heavy (non-hydrogen) atoms. The maximum Gasteiger partial charge on any atom is 0.253 e. The fraction of sp³-hybridized carbons (Fsp3) is 0.517. The molecule has 1 unspecified atom stereocenters. The van der Waals surface area contributed by atoms with E-state index in [-0.39, 0.29) is 23.7 Å². The van der Waals surface area contributed by atoms with Crippen molar-refractivity contribution in [2.24, 2.45) is 5.92 Å². The molecule has 196 valence electrons. The molecule has 0 saturated carbocycles. The van der Waals surface area contributed by atoms with Gasteiger partial charge in [0.25, 0.3) is 5.91 Å². The van der Waals surface area contributed by atoms with E-state index >= 15 is 0 Å². The fourth-order valence-corrected chi connectivity index (χ4v) is 5.37. The van der Waals surface area contributed by atoms with Crippen LogP contribution in [0.1, 0.15) is 61.9 Å². The van der Waals surface area contributed by atoms with Crippen LogP contribution >= 0.6 is 23.2 Å². The van der Waals surface area contributed by atoms with Crippen molar-refractivity contribution in [3.63, 3.8) is 0 Å². The van der Waals surface area contributed by atoms with Gasteiger partial charge in [0.05, 0.1) is 10.0 Å². The standard InChI is InChI=1S/C29H39Cl2N3O2/c1-5-34(28(35)21(2)3)25-14-17-33(18-15-25)16-13-24(23-11-12-26(30)27(31)19-23)20-32(4)29(36)22-9-7-6-8-10-22/h6-12,19,21,24-25H,5,13-18,20H2,1-4H3. The van der Waals surface area contributed by atoms with Gasteiger partial charge < -0.3 is 14.7 Å². The zero-order chi connectivity index (χ0) is 26.2. The van der Waals surface area contributed by atoms with E-state index in [1.165, 1.54) is 0 Å². The van der Waals surface area contributed by atoms with Crippen molar-refractivity contribution >= 4 is 35.0 Å². The number of nitrogens with zero attached hydrogens (tertiary/aromatic N) is 3. The van der Waals surface area contributed by atoms with Gasteiger partial charge in [-0.15, -0.1) is 0 Å². The summed E-state index contributed by atoms with van der Waals surface area (Å²) in [6.07, 6.45) is 2.89. The Kier molecular flexibility index (Phi) is 10.7. The lowest BCUT2D eigenvalue weighted by atomic mass is 9.93. The first-order valence-electron chi connectivity index (χ1n) is 13.0. The van der Waals surface area contributed by atoms with Crippen molar-refractivity contribution in [3.05, 3.63) is 69.7 Å². The van der Waals surface area contributed by atoms with E-state index < -0.39 is 0 Å². The molecule has 1 saturated heterocycles. The van der Waals surface area contributed by atoms with Gasteiger partial charge >= 0.3 is 0 Å². The third-order valence-corrected chi connectivity index (χ3v) is 7.93. The summed E-state index contributed by atoms with van der Waals surface area (Å²) in [6, 6.07) is 15.5. The monoisotopic (exact) mass is 531 g/mol. The fourth-order valence-electron chi connectivity index (χ4n) is 5.06. The van der Waals surface area contributed by atoms with E-state index in [9.17, 15) is 9.59 Å². The maximum absolute atomic E-state index is 13.0. The number of amides is 2. The number of halogens is 2. The molecule has 3 rings (SSSR count). The van der Waals surface area contributed by atoms with E-state index in [0.717, 1.165) is 51.0 Å². The quantitative estimate of drug-likeness (QED) is 0.366. The number of hydrogen-bond acceptors (Lipinski definition) is 3. The lowest BCUT2D eigenvalue weighted by molar-refractivity contribution is -0.137. The lowest BCUT2D eigenvalue weighted by Gasteiger charge is -2.39. The van der Waals surface area contributed by atoms with Gasteiger partial charge in [0.2, 0.25) is 5.91 Å². The van der Waals surface area contributed by atoms with Gasteiger partial charge in [0.1, 0.15) is 0 Å². The number of carbonyl (C=O) groups is 2. The summed E-state index contributed by atoms with van der Waals surface area (Å²) in [5.41, 5.74) is 1.78. The number of hydrogen-bond donors (Lipinski definition) is 0. The van der Waals surface area contributed by atoms with Crippen molar-refractivity contribution in [2.75, 3.05) is 39.8 Å². The minimum atomic E-state index is 0.0101. The predicted molar refractivity (Wildman–Crippen MR) is 149 cm³/mol. The third kappa shape index (κ3) is 7.47. The van der Waals surface area contributed by atoms with Gasteiger partial charge in [0, 0.05) is 56.7 Å². The highest BCUT2D eigenvalue weighted by atomic mass is 35.5. The first kappa shape index (κ1) is 28.5. The normalized spacial score (nSPS) is 15.6. The van der Waals surface area contributed by atoms with Crippen LogP contribution in [-0.4, -0.2) is 72.3 Å². The summed E-state index contributed by atoms with van der Waals surface area (Å²) in [5.74, 6) is 0.424. The Balaban J connectivity index is 1.64. The molecule has 0 aliphatic carbocycles. The molecule has 0 radical (unpaired) electrons. The van der Waals surface area contributed by atoms with Crippen LogP contribution < -0.4 is 0 Å². The van der Waals surface area contributed by atoms with Crippen LogP contribution in [0.25, 0.3) is 0 Å². The van der Waals surface area contributed by atoms with Crippen LogP contribution in [-0.2, 0) is 4.79 Å². The third-order valence-electron chi connectivity index (χ3n) is 7.19. The maximum atomic E-state index is 13.0. The Bertz CT molecular complexity index is 1010. The molecule has 0 N–H and O–H groups in total. The largest absolute Gasteiger partial charge is 0.341 e. The average Bonchev–Trinajstić information content (AvgIpc) is 2.89. The van der Waals surface area contributed by atoms with Gasteiger partial charge in [0.15, 0.2) is 0 Å². The summed E-state index contributed by atoms with van der Waals surface area (Å²) >= 11 is 12.5. The summed E-state index contributed by atoms with van der Waals surface area (Å²) in [7, 11) is 1.86. The van der Waals surface area contributed by atoms with Crippen molar-refractivity contribution in [1.29, 1.82) is 0 Å². The number of likely N-dealkylation sites (N-methyl/N-ethyl adjacent to an activating group) is 1. The van der Waals surface area contributed by atoms with Crippen LogP contribution in [0.2, 0.25) is 10.0 Å². The zero-order valence-corrected chi connectivity index (χ0v) is 23.4. The number of carbonyl (C=O) groups excluding carboxylic acids is 2. The van der Waals surface area contributed by atoms with Gasteiger partial charge in [-0.25, -0.2) is 0 Å². The Morgan fingerprint density at radius 1 is 1.03 bits per heavy atom. The second kappa shape index (κ2) is 13.5. The summed E-state index contributed by atoms with van der Waals surface area (Å²) in [4.78, 5) is 31.9. The number of likely N-dealkylation sites (tertiary alicyclic amines) is 1. The number of rotatable bonds is 10. The first-order chi connectivity index (χ1) is 17.2. The van der Waals surface area contributed by atoms with Crippen LogP contribution in [0, 0.1) is 5.92 Å². The zero-order valence-electron chi connectivity index (χ0n) is 21.9. The molecule has 2 amide bonds. The molecule has 0 spiro atoms. The molecule has 0 aromatic heterocycles. The first-order valence-corrected chi connectivity index (χ1v) is 13.7. The van der Waals surface area contributed by atoms with Gasteiger partial charge in [-0.3, -0.25) is 9.59 Å². The van der Waals surface area contributed by atoms with Crippen molar-refractivity contribution in [3.8, 4) is 0 Å². The Morgan fingerprint density at radius 2 is 1.69 bits per heavy atom. The molecule has 1 heterocycles. The average molecular weight is 533 g/mol. The molecule has 5 nitrogen and oxygen atoms in total. The van der Waals surface area contributed by atoms with Crippen molar-refractivity contribution < 1.29 is 9.59 Å². The Morgan fingerprint density at radius 3 is 2.28 bits per heavy atom. The summed E-state index contributed by atoms with van der Waals surface area (Å²) in [5, 5.41) is 1.07. The minimum absolute atomic E-state index is 0.0101. The smallest absolute Gasteiger partial charge is 0.253 e. The molecule has 1 aliphatic rings. The molecule has 1 fully saturated rings. The van der Waals surface area contributed by atoms with Crippen LogP contribution in [0.15, 0.2) is 48.5 Å². The molecular weight excluding hydrogens is 493 g/mol. The van der Waals surface area contributed by atoms with E-state index in [1.54, 1.807) is 4.90 Å². The number of benzene rings is 2. The van der Waals surface area contributed by atoms with Crippen molar-refractivity contribution in [1.82, 2.24) is 14.7 Å². The minimum Gasteiger partial charge on any atom is -0.341 e. The summed E-state index contributed by atoms with van der Waals surface area (Å²) < 4.78 is 0. The second-order valence-corrected chi connectivity index (χ2v) is 10.9. The van der Waals surface area contributed by atoms with Crippen LogP contribution in [0.5, 0.6) is 0 Å². The van der Waals surface area contributed by atoms with Crippen molar-refractivity contribution in [2.45, 2.75) is 52.0 Å². The SMILES string of the molecule is CCN(C(=O)C(C)C)C1CCN(CCC(CN(C)C(=O)c2ccccc2)c2ccc(Cl)c(Cl)c2)CC1. The molecule has 1 atom stereocenters. The second-order valence-electron chi connectivity index (χ2n) is 10.1. The van der Waals surface area contributed by atoms with E-state index in [2.05, 4.69) is 16.7 Å². The number of piperidine rings is 1. The van der Waals surface area contributed by atoms with Crippen LogP contribution in [0.4, 0.5) is 0 Å². The molecule has 0 bridgehead atoms. The molecule has 7 heteroatoms. The van der Waals surface area contributed by atoms with E-state index in [1.807, 2.05) is 69.4 Å².